The van der Waals surface area contributed by atoms with Gasteiger partial charge < -0.3 is 10.6 Å². The van der Waals surface area contributed by atoms with E-state index in [4.69, 9.17) is 0 Å². The number of benzene rings is 2. The van der Waals surface area contributed by atoms with Crippen LogP contribution in [-0.2, 0) is 22.2 Å². The van der Waals surface area contributed by atoms with Crippen molar-refractivity contribution in [2.45, 2.75) is 26.4 Å². The Morgan fingerprint density at radius 2 is 1.61 bits per heavy atom. The molecule has 0 saturated heterocycles. The maximum atomic E-state index is 12.9. The van der Waals surface area contributed by atoms with Crippen molar-refractivity contribution in [1.29, 1.82) is 0 Å². The summed E-state index contributed by atoms with van der Waals surface area (Å²) in [6, 6.07) is 9.99. The highest BCUT2D eigenvalue weighted by Gasteiger charge is 2.36. The molecule has 8 heteroatoms. The lowest BCUT2D eigenvalue weighted by molar-refractivity contribution is -0.139. The average molecular weight is 396 g/mol. The minimum atomic E-state index is -4.53. The topological polar surface area (TPSA) is 58.2 Å². The molecule has 0 saturated carbocycles. The van der Waals surface area contributed by atoms with Crippen molar-refractivity contribution in [2.75, 3.05) is 11.9 Å². The Morgan fingerprint density at radius 3 is 2.21 bits per heavy atom. The maximum Gasteiger partial charge on any atom is 0.416 e. The first-order valence-corrected chi connectivity index (χ1v) is 8.51. The van der Waals surface area contributed by atoms with Gasteiger partial charge in [-0.15, -0.1) is 0 Å². The molecule has 0 aliphatic rings. The van der Waals surface area contributed by atoms with Gasteiger partial charge in [0.25, 0.3) is 0 Å². The van der Waals surface area contributed by atoms with Gasteiger partial charge in [-0.25, -0.2) is 4.39 Å². The molecule has 0 heterocycles. The number of hydrogen-bond donors (Lipinski definition) is 2. The van der Waals surface area contributed by atoms with Crippen LogP contribution in [0.5, 0.6) is 0 Å². The van der Waals surface area contributed by atoms with Crippen LogP contribution >= 0.6 is 0 Å². The van der Waals surface area contributed by atoms with Gasteiger partial charge in [-0.2, -0.15) is 13.2 Å². The first kappa shape index (κ1) is 21.4. The highest BCUT2D eigenvalue weighted by molar-refractivity contribution is 6.09. The number of anilines is 1. The smallest absolute Gasteiger partial charge is 0.355 e. The Kier molecular flexibility index (Phi) is 6.43. The van der Waals surface area contributed by atoms with Gasteiger partial charge in [-0.3, -0.25) is 9.59 Å². The minimum Gasteiger partial charge on any atom is -0.355 e. The van der Waals surface area contributed by atoms with Crippen LogP contribution in [0.25, 0.3) is 0 Å². The van der Waals surface area contributed by atoms with Crippen molar-refractivity contribution in [3.63, 3.8) is 0 Å². The summed E-state index contributed by atoms with van der Waals surface area (Å²) in [6.45, 7) is 2.98. The molecule has 0 radical (unpaired) electrons. The number of carbonyl (C=O) groups excluding carboxylic acids is 2. The molecule has 2 N–H and O–H groups in total. The van der Waals surface area contributed by atoms with Gasteiger partial charge in [-0.05, 0) is 56.2 Å². The number of amides is 2. The zero-order valence-electron chi connectivity index (χ0n) is 15.4. The molecular formula is C20H20F4N2O2. The Hall–Kier alpha value is -2.90. The SMILES string of the molecule is CC(C)(C(=O)NCCc1ccc(F)cc1)C(=O)Nc1cccc(C(F)(F)F)c1. The third-order valence-electron chi connectivity index (χ3n) is 4.20. The number of alkyl halides is 3. The van der Waals surface area contributed by atoms with Crippen molar-refractivity contribution < 1.29 is 27.2 Å². The van der Waals surface area contributed by atoms with E-state index < -0.39 is 29.0 Å². The second kappa shape index (κ2) is 8.41. The number of halogens is 4. The summed E-state index contributed by atoms with van der Waals surface area (Å²) in [6.07, 6.45) is -4.09. The van der Waals surface area contributed by atoms with Gasteiger partial charge in [0.2, 0.25) is 11.8 Å². The fourth-order valence-electron chi connectivity index (χ4n) is 2.36. The fraction of sp³-hybridized carbons (Fsp3) is 0.300. The van der Waals surface area contributed by atoms with E-state index in [1.54, 1.807) is 12.1 Å². The molecule has 0 bridgehead atoms. The Balaban J connectivity index is 1.95. The van der Waals surface area contributed by atoms with Crippen molar-refractivity contribution in [1.82, 2.24) is 5.32 Å². The van der Waals surface area contributed by atoms with Crippen LogP contribution < -0.4 is 10.6 Å². The van der Waals surface area contributed by atoms with Crippen molar-refractivity contribution in [3.05, 3.63) is 65.5 Å². The van der Waals surface area contributed by atoms with Crippen LogP contribution in [0.3, 0.4) is 0 Å². The summed E-state index contributed by atoms with van der Waals surface area (Å²) < 4.78 is 51.2. The molecule has 2 amide bonds. The molecule has 2 aromatic rings. The predicted molar refractivity (Wildman–Crippen MR) is 97.0 cm³/mol. The molecule has 0 spiro atoms. The Morgan fingerprint density at radius 1 is 0.964 bits per heavy atom. The standard InChI is InChI=1S/C20H20F4N2O2/c1-19(2,17(27)25-11-10-13-6-8-15(21)9-7-13)18(28)26-16-5-3-4-14(12-16)20(22,23)24/h3-9,12H,10-11H2,1-2H3,(H,25,27)(H,26,28). The fourth-order valence-corrected chi connectivity index (χ4v) is 2.36. The van der Waals surface area contributed by atoms with E-state index >= 15 is 0 Å². The highest BCUT2D eigenvalue weighted by atomic mass is 19.4. The largest absolute Gasteiger partial charge is 0.416 e. The number of carbonyl (C=O) groups is 2. The minimum absolute atomic E-state index is 0.0491. The molecule has 0 aliphatic heterocycles. The molecule has 150 valence electrons. The molecule has 0 aromatic heterocycles. The highest BCUT2D eigenvalue weighted by Crippen LogP contribution is 2.31. The summed E-state index contributed by atoms with van der Waals surface area (Å²) in [5, 5.41) is 4.96. The molecule has 2 rings (SSSR count). The second-order valence-electron chi connectivity index (χ2n) is 6.79. The lowest BCUT2D eigenvalue weighted by atomic mass is 9.90. The van der Waals surface area contributed by atoms with E-state index in [1.165, 1.54) is 38.1 Å². The van der Waals surface area contributed by atoms with Crippen LogP contribution in [0.4, 0.5) is 23.2 Å². The van der Waals surface area contributed by atoms with Crippen LogP contribution in [0.2, 0.25) is 0 Å². The molecule has 0 unspecified atom stereocenters. The van der Waals surface area contributed by atoms with Gasteiger partial charge in [-0.1, -0.05) is 18.2 Å². The van der Waals surface area contributed by atoms with E-state index in [9.17, 15) is 27.2 Å². The molecular weight excluding hydrogens is 376 g/mol. The third kappa shape index (κ3) is 5.55. The van der Waals surface area contributed by atoms with Crippen molar-refractivity contribution >= 4 is 17.5 Å². The van der Waals surface area contributed by atoms with E-state index in [2.05, 4.69) is 10.6 Å². The third-order valence-corrected chi connectivity index (χ3v) is 4.20. The van der Waals surface area contributed by atoms with E-state index in [0.29, 0.717) is 6.42 Å². The normalized spacial score (nSPS) is 11.8. The zero-order chi connectivity index (χ0) is 20.9. The second-order valence-corrected chi connectivity index (χ2v) is 6.79. The lowest BCUT2D eigenvalue weighted by Crippen LogP contribution is -2.45. The summed E-state index contributed by atoms with van der Waals surface area (Å²) in [5.74, 6) is -1.66. The monoisotopic (exact) mass is 396 g/mol. The predicted octanol–water partition coefficient (Wildman–Crippen LogP) is 4.17. The van der Waals surface area contributed by atoms with E-state index in [1.807, 2.05) is 0 Å². The number of rotatable bonds is 6. The van der Waals surface area contributed by atoms with Gasteiger partial charge in [0.1, 0.15) is 11.2 Å². The summed E-state index contributed by atoms with van der Waals surface area (Å²) in [5.41, 5.74) is -1.64. The van der Waals surface area contributed by atoms with Gasteiger partial charge >= 0.3 is 6.18 Å². The maximum absolute atomic E-state index is 12.9. The quantitative estimate of drug-likeness (QED) is 0.569. The van der Waals surface area contributed by atoms with Crippen LogP contribution in [0, 0.1) is 11.2 Å². The van der Waals surface area contributed by atoms with Crippen molar-refractivity contribution in [2.24, 2.45) is 5.41 Å². The van der Waals surface area contributed by atoms with E-state index in [0.717, 1.165) is 17.7 Å². The van der Waals surface area contributed by atoms with E-state index in [-0.39, 0.29) is 18.0 Å². The average Bonchev–Trinajstić information content (AvgIpc) is 2.62. The van der Waals surface area contributed by atoms with Gasteiger partial charge in [0.15, 0.2) is 0 Å². The first-order valence-electron chi connectivity index (χ1n) is 8.51. The van der Waals surface area contributed by atoms with Crippen molar-refractivity contribution in [3.8, 4) is 0 Å². The molecule has 28 heavy (non-hydrogen) atoms. The Bertz CT molecular complexity index is 846. The Labute approximate surface area is 159 Å². The molecule has 4 nitrogen and oxygen atoms in total. The van der Waals surface area contributed by atoms with Gasteiger partial charge in [0.05, 0.1) is 5.56 Å². The number of hydrogen-bond acceptors (Lipinski definition) is 2. The molecule has 0 fully saturated rings. The summed E-state index contributed by atoms with van der Waals surface area (Å²) in [7, 11) is 0. The summed E-state index contributed by atoms with van der Waals surface area (Å²) in [4.78, 5) is 24.8. The molecule has 2 aromatic carbocycles. The van der Waals surface area contributed by atoms with Crippen LogP contribution in [0.1, 0.15) is 25.0 Å². The number of nitrogens with one attached hydrogen (secondary N) is 2. The van der Waals surface area contributed by atoms with Crippen LogP contribution in [-0.4, -0.2) is 18.4 Å². The molecule has 0 aliphatic carbocycles. The molecule has 0 atom stereocenters. The lowest BCUT2D eigenvalue weighted by Gasteiger charge is -2.23. The summed E-state index contributed by atoms with van der Waals surface area (Å²) >= 11 is 0. The zero-order valence-corrected chi connectivity index (χ0v) is 15.4. The first-order chi connectivity index (χ1) is 13.0. The van der Waals surface area contributed by atoms with Gasteiger partial charge in [0, 0.05) is 12.2 Å². The van der Waals surface area contributed by atoms with Crippen LogP contribution in [0.15, 0.2) is 48.5 Å².